The summed E-state index contributed by atoms with van der Waals surface area (Å²) in [6.07, 6.45) is 3.22. The Morgan fingerprint density at radius 1 is 1.10 bits per heavy atom. The maximum atomic E-state index is 5.96. The van der Waals surface area contributed by atoms with Gasteiger partial charge in [0.15, 0.2) is 11.5 Å². The van der Waals surface area contributed by atoms with Crippen molar-refractivity contribution in [2.75, 3.05) is 5.73 Å². The maximum absolute atomic E-state index is 5.96. The van der Waals surface area contributed by atoms with E-state index in [1.54, 1.807) is 0 Å². The quantitative estimate of drug-likeness (QED) is 0.720. The van der Waals surface area contributed by atoms with Gasteiger partial charge in [-0.2, -0.15) is 5.10 Å². The highest BCUT2D eigenvalue weighted by Crippen LogP contribution is 2.37. The number of halogens is 1. The minimum Gasteiger partial charge on any atom is -0.382 e. The summed E-state index contributed by atoms with van der Waals surface area (Å²) in [6.45, 7) is 0. The van der Waals surface area contributed by atoms with Crippen LogP contribution in [0.4, 0.5) is 5.82 Å². The molecule has 0 amide bonds. The zero-order valence-electron chi connectivity index (χ0n) is 10.8. The van der Waals surface area contributed by atoms with E-state index in [-0.39, 0.29) is 0 Å². The summed E-state index contributed by atoms with van der Waals surface area (Å²) in [7, 11) is 0. The number of H-pyrrole nitrogens is 1. The van der Waals surface area contributed by atoms with Gasteiger partial charge in [0.2, 0.25) is 0 Å². The van der Waals surface area contributed by atoms with Gasteiger partial charge >= 0.3 is 0 Å². The molecule has 0 atom stereocenters. The lowest BCUT2D eigenvalue weighted by molar-refractivity contribution is 0.913. The number of aromatic nitrogens is 3. The number of rotatable bonds is 1. The second kappa shape index (κ2) is 4.21. The third kappa shape index (κ3) is 1.61. The monoisotopic (exact) mass is 284 g/mol. The van der Waals surface area contributed by atoms with Crippen molar-refractivity contribution in [2.24, 2.45) is 0 Å². The van der Waals surface area contributed by atoms with Gasteiger partial charge in [-0.1, -0.05) is 23.7 Å². The number of hydrogen-bond donors (Lipinski definition) is 2. The number of nitrogens with two attached hydrogens (primary N) is 1. The molecule has 20 heavy (non-hydrogen) atoms. The Balaban J connectivity index is 2.03. The summed E-state index contributed by atoms with van der Waals surface area (Å²) in [6, 6.07) is 7.81. The molecule has 0 fully saturated rings. The highest BCUT2D eigenvalue weighted by Gasteiger charge is 2.23. The summed E-state index contributed by atoms with van der Waals surface area (Å²) >= 11 is 5.96. The number of aromatic amines is 1. The van der Waals surface area contributed by atoms with Gasteiger partial charge in [0.25, 0.3) is 0 Å². The standard InChI is InChI=1S/C15H13ClN4/c16-9-6-4-8(5-7-9)13-11-3-1-2-10(11)12-14(17)19-20-15(12)18-13/h4-7H,1-3H2,(H3,17,18,19,20). The molecule has 0 radical (unpaired) electrons. The first kappa shape index (κ1) is 11.7. The van der Waals surface area contributed by atoms with E-state index in [4.69, 9.17) is 22.3 Å². The third-order valence-corrected chi connectivity index (χ3v) is 4.17. The molecule has 0 unspecified atom stereocenters. The lowest BCUT2D eigenvalue weighted by Crippen LogP contribution is -1.96. The molecule has 0 saturated carbocycles. The smallest absolute Gasteiger partial charge is 0.158 e. The van der Waals surface area contributed by atoms with Gasteiger partial charge in [-0.05, 0) is 42.5 Å². The SMILES string of the molecule is Nc1n[nH]c2nc(-c3ccc(Cl)cc3)c3c(c12)CCC3. The highest BCUT2D eigenvalue weighted by molar-refractivity contribution is 6.30. The minimum absolute atomic E-state index is 0.549. The number of fused-ring (bicyclic) bond motifs is 3. The van der Waals surface area contributed by atoms with Gasteiger partial charge in [-0.3, -0.25) is 5.10 Å². The van der Waals surface area contributed by atoms with Crippen LogP contribution in [0.2, 0.25) is 5.02 Å². The molecule has 1 aliphatic carbocycles. The molecule has 3 N–H and O–H groups in total. The maximum Gasteiger partial charge on any atom is 0.158 e. The number of aryl methyl sites for hydroxylation is 1. The summed E-state index contributed by atoms with van der Waals surface area (Å²) in [5.74, 6) is 0.549. The Kier molecular flexibility index (Phi) is 2.47. The first-order valence-corrected chi connectivity index (χ1v) is 7.03. The van der Waals surface area contributed by atoms with Crippen LogP contribution in [-0.2, 0) is 12.8 Å². The predicted molar refractivity (Wildman–Crippen MR) is 80.8 cm³/mol. The van der Waals surface area contributed by atoms with Crippen molar-refractivity contribution < 1.29 is 0 Å². The Labute approximate surface area is 121 Å². The fourth-order valence-electron chi connectivity index (χ4n) is 3.03. The molecule has 100 valence electrons. The largest absolute Gasteiger partial charge is 0.382 e. The van der Waals surface area contributed by atoms with Crippen molar-refractivity contribution in [3.05, 3.63) is 40.4 Å². The molecule has 4 nitrogen and oxygen atoms in total. The molecule has 0 spiro atoms. The van der Waals surface area contributed by atoms with Crippen LogP contribution in [0.3, 0.4) is 0 Å². The normalized spacial score (nSPS) is 13.8. The molecule has 0 bridgehead atoms. The molecule has 4 rings (SSSR count). The second-order valence-corrected chi connectivity index (χ2v) is 5.55. The van der Waals surface area contributed by atoms with Crippen molar-refractivity contribution in [1.29, 1.82) is 0 Å². The first-order chi connectivity index (χ1) is 9.74. The fraction of sp³-hybridized carbons (Fsp3) is 0.200. The molecule has 0 aliphatic heterocycles. The van der Waals surface area contributed by atoms with Gasteiger partial charge in [-0.15, -0.1) is 0 Å². The molecule has 1 aromatic carbocycles. The summed E-state index contributed by atoms with van der Waals surface area (Å²) in [4.78, 5) is 4.73. The van der Waals surface area contributed by atoms with Crippen molar-refractivity contribution in [1.82, 2.24) is 15.2 Å². The van der Waals surface area contributed by atoms with Crippen molar-refractivity contribution in [3.8, 4) is 11.3 Å². The molecular formula is C15H13ClN4. The Bertz CT molecular complexity index is 805. The molecular weight excluding hydrogens is 272 g/mol. The predicted octanol–water partition coefficient (Wildman–Crippen LogP) is 3.35. The summed E-state index contributed by atoms with van der Waals surface area (Å²) in [5, 5.41) is 8.75. The van der Waals surface area contributed by atoms with Crippen LogP contribution in [0.5, 0.6) is 0 Å². The minimum atomic E-state index is 0.549. The number of benzene rings is 1. The van der Waals surface area contributed by atoms with E-state index >= 15 is 0 Å². The Hall–Kier alpha value is -2.07. The van der Waals surface area contributed by atoms with E-state index in [2.05, 4.69) is 10.2 Å². The van der Waals surface area contributed by atoms with Gasteiger partial charge in [0.1, 0.15) is 0 Å². The van der Waals surface area contributed by atoms with Crippen molar-refractivity contribution >= 4 is 28.5 Å². The Morgan fingerprint density at radius 2 is 1.85 bits per heavy atom. The second-order valence-electron chi connectivity index (χ2n) is 5.11. The van der Waals surface area contributed by atoms with Gasteiger partial charge in [-0.25, -0.2) is 4.98 Å². The average Bonchev–Trinajstić information content (AvgIpc) is 3.05. The molecule has 2 heterocycles. The number of nitrogens with one attached hydrogen (secondary N) is 1. The van der Waals surface area contributed by atoms with Crippen LogP contribution in [0.1, 0.15) is 17.5 Å². The molecule has 2 aromatic heterocycles. The summed E-state index contributed by atoms with van der Waals surface area (Å²) < 4.78 is 0. The van der Waals surface area contributed by atoms with E-state index in [1.807, 2.05) is 24.3 Å². The number of nitrogen functional groups attached to an aromatic ring is 1. The van der Waals surface area contributed by atoms with Gasteiger partial charge < -0.3 is 5.73 Å². The molecule has 5 heteroatoms. The van der Waals surface area contributed by atoms with E-state index in [0.29, 0.717) is 5.82 Å². The van der Waals surface area contributed by atoms with E-state index < -0.39 is 0 Å². The third-order valence-electron chi connectivity index (χ3n) is 3.92. The van der Waals surface area contributed by atoms with E-state index in [1.165, 1.54) is 11.1 Å². The van der Waals surface area contributed by atoms with Crippen LogP contribution in [0, 0.1) is 0 Å². The molecule has 0 saturated heterocycles. The average molecular weight is 285 g/mol. The molecule has 1 aliphatic rings. The van der Waals surface area contributed by atoms with Crippen LogP contribution in [0.15, 0.2) is 24.3 Å². The van der Waals surface area contributed by atoms with Crippen LogP contribution >= 0.6 is 11.6 Å². The number of anilines is 1. The number of hydrogen-bond acceptors (Lipinski definition) is 3. The Morgan fingerprint density at radius 3 is 2.65 bits per heavy atom. The number of pyridine rings is 1. The highest BCUT2D eigenvalue weighted by atomic mass is 35.5. The summed E-state index contributed by atoms with van der Waals surface area (Å²) in [5.41, 5.74) is 11.4. The van der Waals surface area contributed by atoms with Gasteiger partial charge in [0.05, 0.1) is 11.1 Å². The zero-order valence-corrected chi connectivity index (χ0v) is 11.5. The van der Waals surface area contributed by atoms with Crippen LogP contribution in [0.25, 0.3) is 22.3 Å². The van der Waals surface area contributed by atoms with Crippen molar-refractivity contribution in [2.45, 2.75) is 19.3 Å². The lowest BCUT2D eigenvalue weighted by atomic mass is 10.0. The number of nitrogens with zero attached hydrogens (tertiary/aromatic N) is 2. The topological polar surface area (TPSA) is 67.6 Å². The molecule has 3 aromatic rings. The van der Waals surface area contributed by atoms with Crippen molar-refractivity contribution in [3.63, 3.8) is 0 Å². The van der Waals surface area contributed by atoms with Crippen LogP contribution < -0.4 is 5.73 Å². The van der Waals surface area contributed by atoms with Gasteiger partial charge in [0, 0.05) is 10.6 Å². The fourth-order valence-corrected chi connectivity index (χ4v) is 3.16. The first-order valence-electron chi connectivity index (χ1n) is 6.65. The lowest BCUT2D eigenvalue weighted by Gasteiger charge is -2.09. The van der Waals surface area contributed by atoms with Crippen LogP contribution in [-0.4, -0.2) is 15.2 Å². The van der Waals surface area contributed by atoms with E-state index in [0.717, 1.165) is 46.6 Å². The van der Waals surface area contributed by atoms with E-state index in [9.17, 15) is 0 Å². The zero-order chi connectivity index (χ0) is 13.7.